The summed E-state index contributed by atoms with van der Waals surface area (Å²) >= 11 is 0. The van der Waals surface area contributed by atoms with Crippen LogP contribution in [0.1, 0.15) is 36.0 Å². The predicted molar refractivity (Wildman–Crippen MR) is 92.6 cm³/mol. The number of rotatable bonds is 5. The SMILES string of the molecule is COCC[C@@H]1CCCCN1C(=O)c1ccc(-c2cncnc2)cc1. The number of carbonyl (C=O) groups is 1. The lowest BCUT2D eigenvalue weighted by atomic mass is 9.98. The van der Waals surface area contributed by atoms with Crippen molar-refractivity contribution in [3.05, 3.63) is 48.5 Å². The molecule has 0 bridgehead atoms. The van der Waals surface area contributed by atoms with E-state index in [2.05, 4.69) is 9.97 Å². The fraction of sp³-hybridized carbons (Fsp3) is 0.421. The molecule has 24 heavy (non-hydrogen) atoms. The van der Waals surface area contributed by atoms with Crippen LogP contribution in [0.5, 0.6) is 0 Å². The molecule has 0 aliphatic carbocycles. The van der Waals surface area contributed by atoms with Gasteiger partial charge in [-0.25, -0.2) is 9.97 Å². The topological polar surface area (TPSA) is 55.3 Å². The second-order valence-electron chi connectivity index (χ2n) is 6.13. The van der Waals surface area contributed by atoms with E-state index in [0.29, 0.717) is 6.61 Å². The second kappa shape index (κ2) is 8.02. The lowest BCUT2D eigenvalue weighted by Gasteiger charge is -2.36. The van der Waals surface area contributed by atoms with E-state index in [1.165, 1.54) is 12.7 Å². The molecule has 2 aromatic rings. The highest BCUT2D eigenvalue weighted by Crippen LogP contribution is 2.23. The van der Waals surface area contributed by atoms with E-state index in [1.807, 2.05) is 29.2 Å². The Kier molecular flexibility index (Phi) is 5.54. The maximum Gasteiger partial charge on any atom is 0.254 e. The van der Waals surface area contributed by atoms with Gasteiger partial charge in [0.25, 0.3) is 5.91 Å². The molecule has 1 aromatic carbocycles. The molecule has 1 aliphatic heterocycles. The van der Waals surface area contributed by atoms with E-state index < -0.39 is 0 Å². The summed E-state index contributed by atoms with van der Waals surface area (Å²) in [5.74, 6) is 0.117. The molecule has 0 radical (unpaired) electrons. The van der Waals surface area contributed by atoms with Crippen LogP contribution in [-0.4, -0.2) is 47.1 Å². The van der Waals surface area contributed by atoms with Crippen LogP contribution < -0.4 is 0 Å². The Morgan fingerprint density at radius 1 is 1.17 bits per heavy atom. The maximum atomic E-state index is 12.9. The average molecular weight is 325 g/mol. The Morgan fingerprint density at radius 3 is 2.62 bits per heavy atom. The highest BCUT2D eigenvalue weighted by atomic mass is 16.5. The lowest BCUT2D eigenvalue weighted by Crippen LogP contribution is -2.44. The maximum absolute atomic E-state index is 12.9. The summed E-state index contributed by atoms with van der Waals surface area (Å²) in [7, 11) is 1.71. The number of carbonyl (C=O) groups excluding carboxylic acids is 1. The standard InChI is InChI=1S/C19H23N3O2/c1-24-11-9-18-4-2-3-10-22(18)19(23)16-7-5-15(6-8-16)17-12-20-14-21-13-17/h5-8,12-14,18H,2-4,9-11H2,1H3/t18-/m0/s1. The molecule has 1 saturated heterocycles. The van der Waals surface area contributed by atoms with Gasteiger partial charge in [-0.05, 0) is 43.4 Å². The number of ether oxygens (including phenoxy) is 1. The van der Waals surface area contributed by atoms with Gasteiger partial charge in [0.05, 0.1) is 0 Å². The van der Waals surface area contributed by atoms with E-state index >= 15 is 0 Å². The predicted octanol–water partition coefficient (Wildman–Crippen LogP) is 3.17. The molecular formula is C19H23N3O2. The fourth-order valence-electron chi connectivity index (χ4n) is 3.24. The van der Waals surface area contributed by atoms with Crippen LogP contribution in [0, 0.1) is 0 Å². The molecule has 0 spiro atoms. The zero-order chi connectivity index (χ0) is 16.8. The second-order valence-corrected chi connectivity index (χ2v) is 6.13. The summed E-state index contributed by atoms with van der Waals surface area (Å²) in [6.45, 7) is 1.53. The number of hydrogen-bond donors (Lipinski definition) is 0. The van der Waals surface area contributed by atoms with E-state index in [9.17, 15) is 4.79 Å². The quantitative estimate of drug-likeness (QED) is 0.847. The Hall–Kier alpha value is -2.27. The molecule has 1 fully saturated rings. The van der Waals surface area contributed by atoms with Crippen LogP contribution in [0.3, 0.4) is 0 Å². The Morgan fingerprint density at radius 2 is 1.92 bits per heavy atom. The summed E-state index contributed by atoms with van der Waals surface area (Å²) in [6, 6.07) is 7.99. The number of nitrogens with zero attached hydrogens (tertiary/aromatic N) is 3. The molecule has 0 unspecified atom stereocenters. The van der Waals surface area contributed by atoms with Crippen molar-refractivity contribution in [2.75, 3.05) is 20.3 Å². The molecule has 0 saturated carbocycles. The largest absolute Gasteiger partial charge is 0.385 e. The fourth-order valence-corrected chi connectivity index (χ4v) is 3.24. The summed E-state index contributed by atoms with van der Waals surface area (Å²) in [5.41, 5.74) is 2.70. The molecule has 1 amide bonds. The third-order valence-corrected chi connectivity index (χ3v) is 4.57. The summed E-state index contributed by atoms with van der Waals surface area (Å²) in [5, 5.41) is 0. The summed E-state index contributed by atoms with van der Waals surface area (Å²) in [4.78, 5) is 23.0. The van der Waals surface area contributed by atoms with Gasteiger partial charge in [0.15, 0.2) is 0 Å². The van der Waals surface area contributed by atoms with Gasteiger partial charge in [-0.15, -0.1) is 0 Å². The van der Waals surface area contributed by atoms with Crippen LogP contribution >= 0.6 is 0 Å². The average Bonchev–Trinajstić information content (AvgIpc) is 2.67. The number of likely N-dealkylation sites (tertiary alicyclic amines) is 1. The lowest BCUT2D eigenvalue weighted by molar-refractivity contribution is 0.0553. The van der Waals surface area contributed by atoms with E-state index in [4.69, 9.17) is 4.74 Å². The van der Waals surface area contributed by atoms with Crippen molar-refractivity contribution in [2.24, 2.45) is 0 Å². The summed E-state index contributed by atoms with van der Waals surface area (Å²) < 4.78 is 5.19. The van der Waals surface area contributed by atoms with Gasteiger partial charge < -0.3 is 9.64 Å². The van der Waals surface area contributed by atoms with Crippen LogP contribution in [0.4, 0.5) is 0 Å². The first-order valence-corrected chi connectivity index (χ1v) is 8.45. The molecule has 5 heteroatoms. The first kappa shape index (κ1) is 16.6. The van der Waals surface area contributed by atoms with Crippen LogP contribution in [0.15, 0.2) is 43.0 Å². The van der Waals surface area contributed by atoms with Gasteiger partial charge in [-0.3, -0.25) is 4.79 Å². The van der Waals surface area contributed by atoms with Crippen molar-refractivity contribution in [1.29, 1.82) is 0 Å². The van der Waals surface area contributed by atoms with Crippen molar-refractivity contribution >= 4 is 5.91 Å². The number of benzene rings is 1. The minimum absolute atomic E-state index is 0.117. The monoisotopic (exact) mass is 325 g/mol. The molecule has 2 heterocycles. The van der Waals surface area contributed by atoms with Crippen molar-refractivity contribution in [1.82, 2.24) is 14.9 Å². The van der Waals surface area contributed by atoms with Crippen LogP contribution in [-0.2, 0) is 4.74 Å². The van der Waals surface area contributed by atoms with Gasteiger partial charge in [0.2, 0.25) is 0 Å². The van der Waals surface area contributed by atoms with E-state index in [0.717, 1.165) is 42.5 Å². The minimum Gasteiger partial charge on any atom is -0.385 e. The number of piperidine rings is 1. The van der Waals surface area contributed by atoms with Gasteiger partial charge >= 0.3 is 0 Å². The number of hydrogen-bond acceptors (Lipinski definition) is 4. The highest BCUT2D eigenvalue weighted by molar-refractivity contribution is 5.95. The molecule has 1 atom stereocenters. The molecule has 5 nitrogen and oxygen atoms in total. The number of methoxy groups -OCH3 is 1. The van der Waals surface area contributed by atoms with Gasteiger partial charge in [-0.1, -0.05) is 12.1 Å². The first-order chi connectivity index (χ1) is 11.8. The van der Waals surface area contributed by atoms with Crippen molar-refractivity contribution in [3.8, 4) is 11.1 Å². The number of aromatic nitrogens is 2. The van der Waals surface area contributed by atoms with Gasteiger partial charge in [0.1, 0.15) is 6.33 Å². The Balaban J connectivity index is 1.74. The Bertz CT molecular complexity index is 658. The van der Waals surface area contributed by atoms with Crippen LogP contribution in [0.25, 0.3) is 11.1 Å². The molecule has 0 N–H and O–H groups in total. The van der Waals surface area contributed by atoms with Gasteiger partial charge in [-0.2, -0.15) is 0 Å². The smallest absolute Gasteiger partial charge is 0.254 e. The first-order valence-electron chi connectivity index (χ1n) is 8.45. The zero-order valence-electron chi connectivity index (χ0n) is 14.0. The summed E-state index contributed by atoms with van der Waals surface area (Å²) in [6.07, 6.45) is 9.29. The van der Waals surface area contributed by atoms with E-state index in [-0.39, 0.29) is 11.9 Å². The van der Waals surface area contributed by atoms with Crippen molar-refractivity contribution < 1.29 is 9.53 Å². The molecule has 126 valence electrons. The zero-order valence-corrected chi connectivity index (χ0v) is 14.0. The minimum atomic E-state index is 0.117. The molecule has 1 aromatic heterocycles. The number of amides is 1. The third-order valence-electron chi connectivity index (χ3n) is 4.57. The van der Waals surface area contributed by atoms with Crippen molar-refractivity contribution in [2.45, 2.75) is 31.7 Å². The molecule has 3 rings (SSSR count). The van der Waals surface area contributed by atoms with E-state index in [1.54, 1.807) is 19.5 Å². The van der Waals surface area contributed by atoms with Crippen LogP contribution in [0.2, 0.25) is 0 Å². The van der Waals surface area contributed by atoms with Gasteiger partial charge in [0, 0.05) is 49.8 Å². The molecular weight excluding hydrogens is 302 g/mol. The highest BCUT2D eigenvalue weighted by Gasteiger charge is 2.27. The normalized spacial score (nSPS) is 17.7. The third kappa shape index (κ3) is 3.79. The Labute approximate surface area is 142 Å². The van der Waals surface area contributed by atoms with Crippen molar-refractivity contribution in [3.63, 3.8) is 0 Å². The molecule has 1 aliphatic rings.